The first kappa shape index (κ1) is 10.8. The lowest BCUT2D eigenvalue weighted by molar-refractivity contribution is -0.109. The van der Waals surface area contributed by atoms with Gasteiger partial charge in [-0.05, 0) is 0 Å². The van der Waals surface area contributed by atoms with Crippen LogP contribution in [0.1, 0.15) is 12.5 Å². The third-order valence-electron chi connectivity index (χ3n) is 1.33. The van der Waals surface area contributed by atoms with Crippen molar-refractivity contribution in [3.8, 4) is 0 Å². The lowest BCUT2D eigenvalue weighted by atomic mass is 10.3. The lowest BCUT2D eigenvalue weighted by Gasteiger charge is -1.91. The molecule has 14 heavy (non-hydrogen) atoms. The zero-order valence-electron chi connectivity index (χ0n) is 7.61. The molecule has 1 aromatic heterocycles. The van der Waals surface area contributed by atoms with E-state index in [1.54, 1.807) is 6.08 Å². The summed E-state index contributed by atoms with van der Waals surface area (Å²) in [5.74, 6) is 0.604. The fourth-order valence-electron chi connectivity index (χ4n) is 0.758. The van der Waals surface area contributed by atoms with E-state index in [4.69, 9.17) is 0 Å². The number of hydrogen-bond donors (Lipinski definition) is 0. The van der Waals surface area contributed by atoms with Crippen molar-refractivity contribution in [2.75, 3.05) is 5.75 Å². The average molecular weight is 212 g/mol. The van der Waals surface area contributed by atoms with E-state index in [1.807, 2.05) is 6.08 Å². The lowest BCUT2D eigenvalue weighted by Crippen LogP contribution is -1.87. The molecule has 0 fully saturated rings. The molecule has 0 saturated heterocycles. The summed E-state index contributed by atoms with van der Waals surface area (Å²) in [4.78, 5) is 17.3. The van der Waals surface area contributed by atoms with E-state index in [0.717, 1.165) is 5.56 Å². The van der Waals surface area contributed by atoms with Crippen LogP contribution in [0.4, 0.5) is 4.39 Å². The van der Waals surface area contributed by atoms with Crippen LogP contribution in [0.2, 0.25) is 0 Å². The highest BCUT2D eigenvalue weighted by Crippen LogP contribution is 2.04. The van der Waals surface area contributed by atoms with Gasteiger partial charge in [0.1, 0.15) is 0 Å². The summed E-state index contributed by atoms with van der Waals surface area (Å²) in [5, 5.41) is 0.0741. The number of hydrogen-bond acceptors (Lipinski definition) is 4. The van der Waals surface area contributed by atoms with Gasteiger partial charge < -0.3 is 0 Å². The van der Waals surface area contributed by atoms with Gasteiger partial charge in [0.15, 0.2) is 5.12 Å². The zero-order chi connectivity index (χ0) is 10.4. The Labute approximate surface area is 85.5 Å². The molecule has 1 heterocycles. The van der Waals surface area contributed by atoms with E-state index in [0.29, 0.717) is 5.75 Å². The summed E-state index contributed by atoms with van der Waals surface area (Å²) in [6, 6.07) is 0. The normalized spacial score (nSPS) is 10.7. The van der Waals surface area contributed by atoms with Crippen LogP contribution < -0.4 is 0 Å². The van der Waals surface area contributed by atoms with Gasteiger partial charge in [0.25, 0.3) is 0 Å². The van der Waals surface area contributed by atoms with Gasteiger partial charge >= 0.3 is 6.08 Å². The van der Waals surface area contributed by atoms with Crippen molar-refractivity contribution in [3.63, 3.8) is 0 Å². The Morgan fingerprint density at radius 3 is 2.79 bits per heavy atom. The second-order valence-corrected chi connectivity index (χ2v) is 3.69. The van der Waals surface area contributed by atoms with Gasteiger partial charge in [0.05, 0.1) is 0 Å². The Kier molecular flexibility index (Phi) is 4.25. The minimum absolute atomic E-state index is 0.0741. The Balaban J connectivity index is 2.44. The van der Waals surface area contributed by atoms with Crippen molar-refractivity contribution < 1.29 is 9.18 Å². The van der Waals surface area contributed by atoms with E-state index < -0.39 is 6.08 Å². The van der Waals surface area contributed by atoms with E-state index in [9.17, 15) is 9.18 Å². The number of carbonyl (C=O) groups excluding carboxylic acids is 1. The summed E-state index contributed by atoms with van der Waals surface area (Å²) in [6.07, 6.45) is 5.59. The maximum absolute atomic E-state index is 12.3. The summed E-state index contributed by atoms with van der Waals surface area (Å²) >= 11 is 1.21. The van der Waals surface area contributed by atoms with Gasteiger partial charge in [-0.2, -0.15) is 4.39 Å². The largest absolute Gasteiger partial charge is 0.308 e. The molecule has 0 aliphatic carbocycles. The van der Waals surface area contributed by atoms with E-state index in [2.05, 4.69) is 9.97 Å². The molecule has 0 amide bonds. The van der Waals surface area contributed by atoms with Crippen LogP contribution in [0.25, 0.3) is 6.08 Å². The minimum atomic E-state index is -0.736. The molecule has 0 aliphatic heterocycles. The Morgan fingerprint density at radius 2 is 2.21 bits per heavy atom. The van der Waals surface area contributed by atoms with Gasteiger partial charge in [-0.3, -0.25) is 4.79 Å². The molecule has 5 heteroatoms. The molecule has 0 aliphatic rings. The van der Waals surface area contributed by atoms with Crippen LogP contribution in [0.3, 0.4) is 0 Å². The fraction of sp³-hybridized carbons (Fsp3) is 0.222. The number of aromatic nitrogens is 2. The van der Waals surface area contributed by atoms with Gasteiger partial charge in [-0.1, -0.05) is 23.9 Å². The average Bonchev–Trinajstić information content (AvgIpc) is 2.15. The quantitative estimate of drug-likeness (QED) is 0.718. The molecule has 0 spiro atoms. The standard InChI is InChI=1S/C9H9FN2OS/c1-7(13)14-4-2-3-8-5-11-9(10)12-6-8/h2-3,5-6H,4H2,1H3. The molecule has 0 atom stereocenters. The van der Waals surface area contributed by atoms with Crippen LogP contribution in [0.15, 0.2) is 18.5 Å². The highest BCUT2D eigenvalue weighted by Gasteiger charge is 1.92. The molecule has 0 unspecified atom stereocenters. The van der Waals surface area contributed by atoms with Crippen LogP contribution >= 0.6 is 11.8 Å². The third kappa shape index (κ3) is 4.13. The fourth-order valence-corrected chi connectivity index (χ4v) is 1.19. The first-order valence-electron chi connectivity index (χ1n) is 3.96. The summed E-state index contributed by atoms with van der Waals surface area (Å²) in [5.41, 5.74) is 0.718. The van der Waals surface area contributed by atoms with Crippen LogP contribution in [0, 0.1) is 6.08 Å². The minimum Gasteiger partial charge on any atom is -0.288 e. The van der Waals surface area contributed by atoms with Crippen molar-refractivity contribution in [1.29, 1.82) is 0 Å². The number of halogens is 1. The molecule has 1 rings (SSSR count). The number of carbonyl (C=O) groups is 1. The van der Waals surface area contributed by atoms with Crippen molar-refractivity contribution >= 4 is 23.0 Å². The van der Waals surface area contributed by atoms with E-state index in [1.165, 1.54) is 31.1 Å². The highest BCUT2D eigenvalue weighted by atomic mass is 32.2. The Bertz CT molecular complexity index is 337. The molecule has 3 nitrogen and oxygen atoms in total. The zero-order valence-corrected chi connectivity index (χ0v) is 8.42. The predicted molar refractivity (Wildman–Crippen MR) is 54.2 cm³/mol. The smallest absolute Gasteiger partial charge is 0.288 e. The molecule has 1 aromatic rings. The van der Waals surface area contributed by atoms with Crippen molar-refractivity contribution in [2.24, 2.45) is 0 Å². The summed E-state index contributed by atoms with van der Waals surface area (Å²) in [7, 11) is 0. The second kappa shape index (κ2) is 5.49. The van der Waals surface area contributed by atoms with Gasteiger partial charge in [-0.25, -0.2) is 9.97 Å². The molecular weight excluding hydrogens is 203 g/mol. The number of rotatable bonds is 3. The number of nitrogens with zero attached hydrogens (tertiary/aromatic N) is 2. The molecule has 74 valence electrons. The van der Waals surface area contributed by atoms with Crippen LogP contribution in [-0.4, -0.2) is 20.8 Å². The van der Waals surface area contributed by atoms with Crippen LogP contribution in [0.5, 0.6) is 0 Å². The maximum Gasteiger partial charge on any atom is 0.308 e. The highest BCUT2D eigenvalue weighted by molar-refractivity contribution is 8.13. The third-order valence-corrected chi connectivity index (χ3v) is 2.10. The Morgan fingerprint density at radius 1 is 1.57 bits per heavy atom. The van der Waals surface area contributed by atoms with Gasteiger partial charge in [0, 0.05) is 30.6 Å². The predicted octanol–water partition coefficient (Wildman–Crippen LogP) is 1.91. The molecule has 0 bridgehead atoms. The van der Waals surface area contributed by atoms with Gasteiger partial charge in [-0.15, -0.1) is 0 Å². The van der Waals surface area contributed by atoms with E-state index >= 15 is 0 Å². The molecular formula is C9H9FN2OS. The molecule has 0 saturated carbocycles. The Hall–Kier alpha value is -1.23. The first-order chi connectivity index (χ1) is 6.68. The maximum atomic E-state index is 12.3. The molecule has 0 N–H and O–H groups in total. The van der Waals surface area contributed by atoms with E-state index in [-0.39, 0.29) is 5.12 Å². The second-order valence-electron chi connectivity index (χ2n) is 2.49. The summed E-state index contributed by atoms with van der Waals surface area (Å²) < 4.78 is 12.3. The van der Waals surface area contributed by atoms with Crippen molar-refractivity contribution in [1.82, 2.24) is 9.97 Å². The molecule has 0 aromatic carbocycles. The number of thioether (sulfide) groups is 1. The monoisotopic (exact) mass is 212 g/mol. The molecule has 0 radical (unpaired) electrons. The first-order valence-corrected chi connectivity index (χ1v) is 4.94. The van der Waals surface area contributed by atoms with Crippen molar-refractivity contribution in [2.45, 2.75) is 6.92 Å². The topological polar surface area (TPSA) is 42.9 Å². The SMILES string of the molecule is CC(=O)SCC=Cc1cnc(F)nc1. The summed E-state index contributed by atoms with van der Waals surface area (Å²) in [6.45, 7) is 1.51. The van der Waals surface area contributed by atoms with Crippen molar-refractivity contribution in [3.05, 3.63) is 30.1 Å². The van der Waals surface area contributed by atoms with Gasteiger partial charge in [0.2, 0.25) is 0 Å². The van der Waals surface area contributed by atoms with Crippen LogP contribution in [-0.2, 0) is 4.79 Å².